The quantitative estimate of drug-likeness (QED) is 0.879. The third kappa shape index (κ3) is 3.61. The molecule has 21 heavy (non-hydrogen) atoms. The zero-order chi connectivity index (χ0) is 14.7. The van der Waals surface area contributed by atoms with E-state index in [1.54, 1.807) is 11.3 Å². The molecule has 0 radical (unpaired) electrons. The molecule has 1 atom stereocenters. The number of thiophene rings is 1. The van der Waals surface area contributed by atoms with Crippen molar-refractivity contribution < 1.29 is 5.11 Å². The first-order chi connectivity index (χ1) is 10.2. The minimum absolute atomic E-state index is 0.166. The molecule has 0 spiro atoms. The number of hydrogen-bond donors (Lipinski definition) is 2. The Hall–Kier alpha value is -1.44. The van der Waals surface area contributed by atoms with Gasteiger partial charge in [0.15, 0.2) is 0 Å². The molecule has 1 aliphatic rings. The van der Waals surface area contributed by atoms with Crippen molar-refractivity contribution in [3.63, 3.8) is 0 Å². The molecule has 3 heterocycles. The summed E-state index contributed by atoms with van der Waals surface area (Å²) in [6, 6.07) is 1.90. The summed E-state index contributed by atoms with van der Waals surface area (Å²) in [6.07, 6.45) is 1.69. The third-order valence-corrected chi connectivity index (χ3v) is 4.24. The van der Waals surface area contributed by atoms with Gasteiger partial charge in [-0.2, -0.15) is 26.3 Å². The van der Waals surface area contributed by atoms with E-state index in [0.29, 0.717) is 18.4 Å². The van der Waals surface area contributed by atoms with E-state index in [4.69, 9.17) is 11.6 Å². The highest BCUT2D eigenvalue weighted by atomic mass is 35.5. The van der Waals surface area contributed by atoms with Crippen molar-refractivity contribution in [3.05, 3.63) is 27.7 Å². The summed E-state index contributed by atoms with van der Waals surface area (Å²) < 4.78 is 0. The maximum atomic E-state index is 10.1. The molecule has 1 aliphatic heterocycles. The molecule has 0 amide bonds. The van der Waals surface area contributed by atoms with Crippen molar-refractivity contribution in [3.8, 4) is 0 Å². The Kier molecular flexibility index (Phi) is 4.52. The molecule has 0 aromatic carbocycles. The van der Waals surface area contributed by atoms with Gasteiger partial charge in [-0.3, -0.25) is 0 Å². The number of nitrogens with one attached hydrogen (secondary N) is 1. The van der Waals surface area contributed by atoms with Crippen molar-refractivity contribution in [2.45, 2.75) is 18.9 Å². The average molecular weight is 326 g/mol. The second-order valence-electron chi connectivity index (χ2n) is 4.88. The van der Waals surface area contributed by atoms with Crippen molar-refractivity contribution in [1.82, 2.24) is 15.0 Å². The standard InChI is InChI=1S/C13H16ClN5OS/c14-11-16-12(15-7-10(20)9-3-6-21-8-9)18-13(17-11)19-4-1-2-5-19/h3,6,8,10,20H,1-2,4-5,7H2,(H,15,16,17,18). The number of aliphatic hydroxyl groups excluding tert-OH is 1. The minimum Gasteiger partial charge on any atom is -0.387 e. The Bertz CT molecular complexity index is 588. The SMILES string of the molecule is OC(CNc1nc(Cl)nc(N2CCCC2)n1)c1ccsc1. The van der Waals surface area contributed by atoms with E-state index < -0.39 is 6.10 Å². The molecular weight excluding hydrogens is 310 g/mol. The maximum Gasteiger partial charge on any atom is 0.231 e. The molecule has 112 valence electrons. The van der Waals surface area contributed by atoms with Crippen LogP contribution in [0.25, 0.3) is 0 Å². The van der Waals surface area contributed by atoms with Crippen LogP contribution in [-0.2, 0) is 0 Å². The van der Waals surface area contributed by atoms with Crippen molar-refractivity contribution in [2.75, 3.05) is 29.9 Å². The van der Waals surface area contributed by atoms with E-state index in [9.17, 15) is 5.11 Å². The monoisotopic (exact) mass is 325 g/mol. The molecule has 2 aromatic rings. The van der Waals surface area contributed by atoms with Gasteiger partial charge < -0.3 is 15.3 Å². The fraction of sp³-hybridized carbons (Fsp3) is 0.462. The van der Waals surface area contributed by atoms with Crippen LogP contribution in [0, 0.1) is 0 Å². The lowest BCUT2D eigenvalue weighted by Crippen LogP contribution is -2.22. The molecule has 2 N–H and O–H groups in total. The number of aliphatic hydroxyl groups is 1. The lowest BCUT2D eigenvalue weighted by molar-refractivity contribution is 0.192. The van der Waals surface area contributed by atoms with Crippen molar-refractivity contribution in [1.29, 1.82) is 0 Å². The van der Waals surface area contributed by atoms with Crippen LogP contribution in [0.3, 0.4) is 0 Å². The lowest BCUT2D eigenvalue weighted by atomic mass is 10.2. The summed E-state index contributed by atoms with van der Waals surface area (Å²) in [6.45, 7) is 2.21. The number of rotatable bonds is 5. The predicted molar refractivity (Wildman–Crippen MR) is 84.1 cm³/mol. The van der Waals surface area contributed by atoms with Gasteiger partial charge in [0.2, 0.25) is 17.2 Å². The molecule has 0 saturated carbocycles. The summed E-state index contributed by atoms with van der Waals surface area (Å²) in [4.78, 5) is 14.7. The van der Waals surface area contributed by atoms with Crippen LogP contribution in [0.15, 0.2) is 16.8 Å². The Balaban J connectivity index is 1.67. The average Bonchev–Trinajstić information content (AvgIpc) is 3.16. The summed E-state index contributed by atoms with van der Waals surface area (Å²) in [5.41, 5.74) is 0.882. The molecule has 0 aliphatic carbocycles. The van der Waals surface area contributed by atoms with Crippen LogP contribution in [0.1, 0.15) is 24.5 Å². The number of hydrogen-bond acceptors (Lipinski definition) is 7. The molecule has 2 aromatic heterocycles. The normalized spacial score (nSPS) is 16.2. The van der Waals surface area contributed by atoms with E-state index >= 15 is 0 Å². The fourth-order valence-electron chi connectivity index (χ4n) is 2.25. The Morgan fingerprint density at radius 3 is 2.86 bits per heavy atom. The van der Waals surface area contributed by atoms with Gasteiger partial charge in [0.1, 0.15) is 0 Å². The summed E-state index contributed by atoms with van der Waals surface area (Å²) in [7, 11) is 0. The van der Waals surface area contributed by atoms with Gasteiger partial charge in [0.25, 0.3) is 0 Å². The lowest BCUT2D eigenvalue weighted by Gasteiger charge is -2.16. The Morgan fingerprint density at radius 1 is 1.33 bits per heavy atom. The first-order valence-corrected chi connectivity index (χ1v) is 8.15. The molecule has 3 rings (SSSR count). The number of anilines is 2. The van der Waals surface area contributed by atoms with Gasteiger partial charge in [-0.25, -0.2) is 0 Å². The van der Waals surface area contributed by atoms with Crippen LogP contribution >= 0.6 is 22.9 Å². The zero-order valence-corrected chi connectivity index (χ0v) is 12.9. The topological polar surface area (TPSA) is 74.2 Å². The van der Waals surface area contributed by atoms with E-state index in [0.717, 1.165) is 31.5 Å². The smallest absolute Gasteiger partial charge is 0.231 e. The summed E-state index contributed by atoms with van der Waals surface area (Å²) in [5, 5.41) is 17.1. The van der Waals surface area contributed by atoms with Crippen LogP contribution in [0.4, 0.5) is 11.9 Å². The van der Waals surface area contributed by atoms with Gasteiger partial charge in [-0.15, -0.1) is 0 Å². The third-order valence-electron chi connectivity index (χ3n) is 3.37. The van der Waals surface area contributed by atoms with Crippen LogP contribution < -0.4 is 10.2 Å². The molecule has 0 bridgehead atoms. The molecule has 6 nitrogen and oxygen atoms in total. The molecule has 8 heteroatoms. The predicted octanol–water partition coefficient (Wildman–Crippen LogP) is 2.33. The van der Waals surface area contributed by atoms with E-state index in [2.05, 4.69) is 25.2 Å². The van der Waals surface area contributed by atoms with Gasteiger partial charge in [-0.1, -0.05) is 0 Å². The van der Waals surface area contributed by atoms with Gasteiger partial charge in [-0.05, 0) is 46.8 Å². The second-order valence-corrected chi connectivity index (χ2v) is 5.99. The molecule has 1 fully saturated rings. The molecule has 1 unspecified atom stereocenters. The Morgan fingerprint density at radius 2 is 2.14 bits per heavy atom. The summed E-state index contributed by atoms with van der Waals surface area (Å²) >= 11 is 7.51. The fourth-order valence-corrected chi connectivity index (χ4v) is 3.11. The number of halogens is 1. The molecular formula is C13H16ClN5OS. The highest BCUT2D eigenvalue weighted by Gasteiger charge is 2.17. The van der Waals surface area contributed by atoms with Crippen LogP contribution in [0.5, 0.6) is 0 Å². The van der Waals surface area contributed by atoms with Crippen molar-refractivity contribution >= 4 is 34.8 Å². The second kappa shape index (κ2) is 6.55. The van der Waals surface area contributed by atoms with Gasteiger partial charge in [0, 0.05) is 19.6 Å². The van der Waals surface area contributed by atoms with Gasteiger partial charge >= 0.3 is 0 Å². The van der Waals surface area contributed by atoms with E-state index in [1.807, 2.05) is 16.8 Å². The van der Waals surface area contributed by atoms with Crippen molar-refractivity contribution in [2.24, 2.45) is 0 Å². The first kappa shape index (κ1) is 14.5. The van der Waals surface area contributed by atoms with Crippen LogP contribution in [-0.4, -0.2) is 39.7 Å². The maximum absolute atomic E-state index is 10.1. The highest BCUT2D eigenvalue weighted by Crippen LogP contribution is 2.20. The largest absolute Gasteiger partial charge is 0.387 e. The summed E-state index contributed by atoms with van der Waals surface area (Å²) in [5.74, 6) is 0.992. The first-order valence-electron chi connectivity index (χ1n) is 6.83. The number of nitrogens with zero attached hydrogens (tertiary/aromatic N) is 4. The minimum atomic E-state index is -0.595. The van der Waals surface area contributed by atoms with Crippen LogP contribution in [0.2, 0.25) is 5.28 Å². The van der Waals surface area contributed by atoms with E-state index in [-0.39, 0.29) is 5.28 Å². The number of aromatic nitrogens is 3. The molecule has 1 saturated heterocycles. The Labute approximate surface area is 131 Å². The highest BCUT2D eigenvalue weighted by molar-refractivity contribution is 7.07. The zero-order valence-electron chi connectivity index (χ0n) is 11.4. The van der Waals surface area contributed by atoms with Gasteiger partial charge in [0.05, 0.1) is 6.10 Å². The van der Waals surface area contributed by atoms with E-state index in [1.165, 1.54) is 0 Å².